The molecule has 1 heterocycles. The number of pyridine rings is 1. The number of rotatable bonds is 6. The Morgan fingerprint density at radius 1 is 1.38 bits per heavy atom. The van der Waals surface area contributed by atoms with Crippen LogP contribution >= 0.6 is 0 Å². The van der Waals surface area contributed by atoms with Crippen LogP contribution in [0, 0.1) is 12.8 Å². The van der Waals surface area contributed by atoms with E-state index in [-0.39, 0.29) is 0 Å². The molecule has 0 fully saturated rings. The minimum Gasteiger partial charge on any atom is -0.310 e. The van der Waals surface area contributed by atoms with Crippen molar-refractivity contribution >= 4 is 0 Å². The molecule has 1 rings (SSSR count). The molecular formula is C14H24N2. The summed E-state index contributed by atoms with van der Waals surface area (Å²) in [4.78, 5) is 4.25. The first-order chi connectivity index (χ1) is 7.63. The van der Waals surface area contributed by atoms with Crippen LogP contribution in [0.15, 0.2) is 18.3 Å². The Morgan fingerprint density at radius 2 is 2.12 bits per heavy atom. The zero-order valence-corrected chi connectivity index (χ0v) is 11.0. The van der Waals surface area contributed by atoms with Crippen LogP contribution in [0.4, 0.5) is 0 Å². The Hall–Kier alpha value is -0.890. The lowest BCUT2D eigenvalue weighted by Gasteiger charge is -2.21. The van der Waals surface area contributed by atoms with Crippen molar-refractivity contribution in [3.05, 3.63) is 29.6 Å². The Kier molecular flexibility index (Phi) is 5.47. The quantitative estimate of drug-likeness (QED) is 0.794. The molecule has 1 N–H and O–H groups in total. The third-order valence-electron chi connectivity index (χ3n) is 2.67. The predicted molar refractivity (Wildman–Crippen MR) is 69.5 cm³/mol. The van der Waals surface area contributed by atoms with E-state index in [0.29, 0.717) is 12.0 Å². The van der Waals surface area contributed by atoms with Gasteiger partial charge in [0.15, 0.2) is 0 Å². The molecule has 1 aromatic heterocycles. The van der Waals surface area contributed by atoms with E-state index < -0.39 is 0 Å². The van der Waals surface area contributed by atoms with Crippen molar-refractivity contribution in [2.24, 2.45) is 5.92 Å². The molecule has 0 spiro atoms. The van der Waals surface area contributed by atoms with E-state index in [1.165, 1.54) is 18.4 Å². The molecule has 0 aliphatic heterocycles. The zero-order chi connectivity index (χ0) is 12.0. The van der Waals surface area contributed by atoms with Gasteiger partial charge in [-0.15, -0.1) is 0 Å². The highest BCUT2D eigenvalue weighted by Crippen LogP contribution is 2.21. The number of nitrogens with one attached hydrogen (secondary N) is 1. The second kappa shape index (κ2) is 6.64. The molecule has 0 saturated carbocycles. The SMILES string of the molecule is CCCNC(CC(C)C)c1ccnc(C)c1. The van der Waals surface area contributed by atoms with Crippen molar-refractivity contribution in [1.29, 1.82) is 0 Å². The Labute approximate surface area is 99.5 Å². The van der Waals surface area contributed by atoms with Gasteiger partial charge in [-0.1, -0.05) is 20.8 Å². The van der Waals surface area contributed by atoms with Gasteiger partial charge in [-0.3, -0.25) is 4.98 Å². The average molecular weight is 220 g/mol. The van der Waals surface area contributed by atoms with Crippen molar-refractivity contribution < 1.29 is 0 Å². The van der Waals surface area contributed by atoms with Crippen LogP contribution in [0.3, 0.4) is 0 Å². The van der Waals surface area contributed by atoms with E-state index in [1.807, 2.05) is 6.20 Å². The van der Waals surface area contributed by atoms with Crippen LogP contribution in [0.25, 0.3) is 0 Å². The van der Waals surface area contributed by atoms with Crippen LogP contribution in [-0.4, -0.2) is 11.5 Å². The monoisotopic (exact) mass is 220 g/mol. The number of hydrogen-bond acceptors (Lipinski definition) is 2. The topological polar surface area (TPSA) is 24.9 Å². The van der Waals surface area contributed by atoms with Gasteiger partial charge in [-0.05, 0) is 49.9 Å². The van der Waals surface area contributed by atoms with Gasteiger partial charge >= 0.3 is 0 Å². The van der Waals surface area contributed by atoms with Gasteiger partial charge < -0.3 is 5.32 Å². The molecule has 0 saturated heterocycles. The molecule has 0 radical (unpaired) electrons. The van der Waals surface area contributed by atoms with E-state index in [4.69, 9.17) is 0 Å². The van der Waals surface area contributed by atoms with Gasteiger partial charge in [-0.25, -0.2) is 0 Å². The van der Waals surface area contributed by atoms with E-state index >= 15 is 0 Å². The van der Waals surface area contributed by atoms with E-state index in [2.05, 4.69) is 50.1 Å². The van der Waals surface area contributed by atoms with Crippen LogP contribution in [0.1, 0.15) is 50.9 Å². The molecule has 0 aromatic carbocycles. The van der Waals surface area contributed by atoms with Gasteiger partial charge in [0.25, 0.3) is 0 Å². The molecule has 1 aromatic rings. The summed E-state index contributed by atoms with van der Waals surface area (Å²) < 4.78 is 0. The van der Waals surface area contributed by atoms with Crippen LogP contribution in [0.5, 0.6) is 0 Å². The molecule has 0 bridgehead atoms. The first-order valence-electron chi connectivity index (χ1n) is 6.29. The normalized spacial score (nSPS) is 13.1. The highest BCUT2D eigenvalue weighted by molar-refractivity contribution is 5.19. The summed E-state index contributed by atoms with van der Waals surface area (Å²) in [6, 6.07) is 4.79. The fourth-order valence-corrected chi connectivity index (χ4v) is 1.91. The molecule has 1 atom stereocenters. The Balaban J connectivity index is 2.74. The summed E-state index contributed by atoms with van der Waals surface area (Å²) >= 11 is 0. The summed E-state index contributed by atoms with van der Waals surface area (Å²) in [6.45, 7) is 9.88. The molecule has 0 aliphatic carbocycles. The lowest BCUT2D eigenvalue weighted by atomic mass is 9.97. The van der Waals surface area contributed by atoms with Crippen molar-refractivity contribution in [2.75, 3.05) is 6.54 Å². The molecule has 0 amide bonds. The fourth-order valence-electron chi connectivity index (χ4n) is 1.91. The third-order valence-corrected chi connectivity index (χ3v) is 2.67. The summed E-state index contributed by atoms with van der Waals surface area (Å²) in [7, 11) is 0. The standard InChI is InChI=1S/C14H24N2/c1-5-7-16-14(9-11(2)3)13-6-8-15-12(4)10-13/h6,8,10-11,14,16H,5,7,9H2,1-4H3. The molecule has 2 heteroatoms. The largest absolute Gasteiger partial charge is 0.310 e. The number of hydrogen-bond donors (Lipinski definition) is 1. The molecule has 1 unspecified atom stereocenters. The van der Waals surface area contributed by atoms with Crippen LogP contribution < -0.4 is 5.32 Å². The maximum atomic E-state index is 4.25. The minimum absolute atomic E-state index is 0.474. The first kappa shape index (κ1) is 13.2. The highest BCUT2D eigenvalue weighted by atomic mass is 14.9. The van der Waals surface area contributed by atoms with Crippen molar-refractivity contribution in [3.8, 4) is 0 Å². The molecule has 90 valence electrons. The Bertz CT molecular complexity index is 307. The fraction of sp³-hybridized carbons (Fsp3) is 0.643. The summed E-state index contributed by atoms with van der Waals surface area (Å²) in [5, 5.41) is 3.62. The van der Waals surface area contributed by atoms with Crippen LogP contribution in [-0.2, 0) is 0 Å². The zero-order valence-electron chi connectivity index (χ0n) is 11.0. The maximum Gasteiger partial charge on any atom is 0.0375 e. The summed E-state index contributed by atoms with van der Waals surface area (Å²) in [6.07, 6.45) is 4.27. The van der Waals surface area contributed by atoms with E-state index in [1.54, 1.807) is 0 Å². The second-order valence-electron chi connectivity index (χ2n) is 4.87. The third kappa shape index (κ3) is 4.31. The predicted octanol–water partition coefficient (Wildman–Crippen LogP) is 3.48. The summed E-state index contributed by atoms with van der Waals surface area (Å²) in [5.74, 6) is 0.711. The first-order valence-corrected chi connectivity index (χ1v) is 6.29. The number of aromatic nitrogens is 1. The number of nitrogens with zero attached hydrogens (tertiary/aromatic N) is 1. The van der Waals surface area contributed by atoms with Gasteiger partial charge in [0.1, 0.15) is 0 Å². The average Bonchev–Trinajstić information content (AvgIpc) is 2.23. The van der Waals surface area contributed by atoms with E-state index in [0.717, 1.165) is 12.2 Å². The molecule has 16 heavy (non-hydrogen) atoms. The van der Waals surface area contributed by atoms with Gasteiger partial charge in [-0.2, -0.15) is 0 Å². The minimum atomic E-state index is 0.474. The molecular weight excluding hydrogens is 196 g/mol. The van der Waals surface area contributed by atoms with Gasteiger partial charge in [0.05, 0.1) is 0 Å². The lowest BCUT2D eigenvalue weighted by Crippen LogP contribution is -2.23. The number of aryl methyl sites for hydroxylation is 1. The molecule has 2 nitrogen and oxygen atoms in total. The lowest BCUT2D eigenvalue weighted by molar-refractivity contribution is 0.430. The highest BCUT2D eigenvalue weighted by Gasteiger charge is 2.12. The smallest absolute Gasteiger partial charge is 0.0375 e. The molecule has 0 aliphatic rings. The second-order valence-corrected chi connectivity index (χ2v) is 4.87. The van der Waals surface area contributed by atoms with Crippen molar-refractivity contribution in [2.45, 2.75) is 46.6 Å². The maximum absolute atomic E-state index is 4.25. The Morgan fingerprint density at radius 3 is 2.69 bits per heavy atom. The van der Waals surface area contributed by atoms with Gasteiger partial charge in [0.2, 0.25) is 0 Å². The summed E-state index contributed by atoms with van der Waals surface area (Å²) in [5.41, 5.74) is 2.47. The van der Waals surface area contributed by atoms with Crippen LogP contribution in [0.2, 0.25) is 0 Å². The van der Waals surface area contributed by atoms with Crippen molar-refractivity contribution in [3.63, 3.8) is 0 Å². The van der Waals surface area contributed by atoms with E-state index in [9.17, 15) is 0 Å². The van der Waals surface area contributed by atoms with Crippen molar-refractivity contribution in [1.82, 2.24) is 10.3 Å². The van der Waals surface area contributed by atoms with Gasteiger partial charge in [0, 0.05) is 17.9 Å².